The summed E-state index contributed by atoms with van der Waals surface area (Å²) < 4.78 is 38.2. The molecule has 28 heavy (non-hydrogen) atoms. The summed E-state index contributed by atoms with van der Waals surface area (Å²) in [7, 11) is 0. The van der Waals surface area contributed by atoms with Gasteiger partial charge in [0.25, 0.3) is 5.91 Å². The lowest BCUT2D eigenvalue weighted by Gasteiger charge is -2.18. The van der Waals surface area contributed by atoms with Crippen LogP contribution in [0.5, 0.6) is 0 Å². The zero-order chi connectivity index (χ0) is 20.3. The smallest absolute Gasteiger partial charge is 0.325 e. The van der Waals surface area contributed by atoms with Crippen molar-refractivity contribution >= 4 is 23.3 Å². The third-order valence-corrected chi connectivity index (χ3v) is 4.43. The predicted octanol–water partition coefficient (Wildman–Crippen LogP) is 4.29. The van der Waals surface area contributed by atoms with Gasteiger partial charge in [-0.1, -0.05) is 12.1 Å². The number of aryl methyl sites for hydroxylation is 1. The van der Waals surface area contributed by atoms with Crippen molar-refractivity contribution in [3.8, 4) is 0 Å². The van der Waals surface area contributed by atoms with E-state index in [4.69, 9.17) is 0 Å². The highest BCUT2D eigenvalue weighted by molar-refractivity contribution is 6.07. The third-order valence-electron chi connectivity index (χ3n) is 4.43. The number of urea groups is 1. The fourth-order valence-corrected chi connectivity index (χ4v) is 2.96. The van der Waals surface area contributed by atoms with E-state index in [1.54, 1.807) is 29.2 Å². The summed E-state index contributed by atoms with van der Waals surface area (Å²) in [5.41, 5.74) is -0.316. The van der Waals surface area contributed by atoms with Gasteiger partial charge in [0.15, 0.2) is 0 Å². The fourth-order valence-electron chi connectivity index (χ4n) is 2.96. The van der Waals surface area contributed by atoms with Crippen LogP contribution in [0.15, 0.2) is 36.4 Å². The first-order valence-corrected chi connectivity index (χ1v) is 8.77. The quantitative estimate of drug-likeness (QED) is 0.818. The molecule has 2 heterocycles. The van der Waals surface area contributed by atoms with Crippen molar-refractivity contribution in [2.45, 2.75) is 25.9 Å². The molecular formula is C19H19F3N4O2. The van der Waals surface area contributed by atoms with Crippen LogP contribution in [0.3, 0.4) is 0 Å². The molecule has 1 fully saturated rings. The molecule has 2 N–H and O–H groups in total. The van der Waals surface area contributed by atoms with Crippen LogP contribution >= 0.6 is 0 Å². The van der Waals surface area contributed by atoms with E-state index < -0.39 is 17.8 Å². The van der Waals surface area contributed by atoms with E-state index in [-0.39, 0.29) is 17.3 Å². The number of nitrogens with one attached hydrogen (secondary N) is 2. The number of amides is 3. The van der Waals surface area contributed by atoms with Crippen molar-refractivity contribution in [2.75, 3.05) is 23.7 Å². The van der Waals surface area contributed by atoms with Crippen LogP contribution in [0.4, 0.5) is 29.3 Å². The minimum atomic E-state index is -4.58. The molecule has 0 aliphatic carbocycles. The van der Waals surface area contributed by atoms with Gasteiger partial charge in [-0.25, -0.2) is 9.78 Å². The minimum Gasteiger partial charge on any atom is -0.325 e. The highest BCUT2D eigenvalue weighted by atomic mass is 19.4. The van der Waals surface area contributed by atoms with Crippen LogP contribution in [0.2, 0.25) is 0 Å². The minimum absolute atomic E-state index is 0.0219. The summed E-state index contributed by atoms with van der Waals surface area (Å²) in [6.07, 6.45) is -2.68. The summed E-state index contributed by atoms with van der Waals surface area (Å²) >= 11 is 0. The summed E-state index contributed by atoms with van der Waals surface area (Å²) in [5, 5.41) is 5.39. The molecule has 0 bridgehead atoms. The van der Waals surface area contributed by atoms with Gasteiger partial charge in [-0.2, -0.15) is 13.2 Å². The van der Waals surface area contributed by atoms with E-state index >= 15 is 0 Å². The number of hydrogen-bond acceptors (Lipinski definition) is 3. The Morgan fingerprint density at radius 2 is 1.61 bits per heavy atom. The van der Waals surface area contributed by atoms with E-state index in [2.05, 4.69) is 15.6 Å². The first-order chi connectivity index (χ1) is 13.3. The summed E-state index contributed by atoms with van der Waals surface area (Å²) in [6.45, 7) is 2.69. The molecule has 148 valence electrons. The normalized spacial score (nSPS) is 14.1. The zero-order valence-electron chi connectivity index (χ0n) is 15.1. The molecular weight excluding hydrogens is 373 g/mol. The molecule has 3 rings (SSSR count). The molecule has 1 saturated heterocycles. The van der Waals surface area contributed by atoms with Gasteiger partial charge in [0.1, 0.15) is 5.69 Å². The van der Waals surface area contributed by atoms with Gasteiger partial charge in [0.05, 0.1) is 22.6 Å². The molecule has 1 aromatic carbocycles. The second-order valence-corrected chi connectivity index (χ2v) is 6.45. The Balaban J connectivity index is 1.76. The second-order valence-electron chi connectivity index (χ2n) is 6.45. The number of pyridine rings is 1. The highest BCUT2D eigenvalue weighted by Gasteiger charge is 2.33. The number of benzene rings is 1. The van der Waals surface area contributed by atoms with Gasteiger partial charge in [-0.05, 0) is 44.0 Å². The van der Waals surface area contributed by atoms with Gasteiger partial charge in [0.2, 0.25) is 0 Å². The van der Waals surface area contributed by atoms with E-state index in [0.29, 0.717) is 24.5 Å². The number of alkyl halides is 3. The van der Waals surface area contributed by atoms with Crippen molar-refractivity contribution in [2.24, 2.45) is 0 Å². The number of likely N-dealkylation sites (tertiary alicyclic amines) is 1. The molecule has 9 heteroatoms. The van der Waals surface area contributed by atoms with Gasteiger partial charge in [-0.3, -0.25) is 4.79 Å². The zero-order valence-corrected chi connectivity index (χ0v) is 15.1. The van der Waals surface area contributed by atoms with Crippen molar-refractivity contribution in [1.29, 1.82) is 0 Å². The number of aromatic nitrogens is 1. The number of para-hydroxylation sites is 2. The highest BCUT2D eigenvalue weighted by Crippen LogP contribution is 2.29. The molecule has 1 aliphatic rings. The summed E-state index contributed by atoms with van der Waals surface area (Å²) in [4.78, 5) is 30.0. The van der Waals surface area contributed by atoms with Crippen LogP contribution in [0.25, 0.3) is 0 Å². The molecule has 6 nitrogen and oxygen atoms in total. The number of hydrogen-bond donors (Lipinski definition) is 2. The van der Waals surface area contributed by atoms with Crippen LogP contribution in [0, 0.1) is 6.92 Å². The standard InChI is InChI=1S/C19H19F3N4O2/c1-12-13(8-9-16(23-12)19(20,21)22)17(27)24-14-6-2-3-7-15(14)25-18(28)26-10-4-5-11-26/h2-3,6-9H,4-5,10-11H2,1H3,(H,24,27)(H,25,28). The molecule has 1 aliphatic heterocycles. The molecule has 0 unspecified atom stereocenters. The van der Waals surface area contributed by atoms with Gasteiger partial charge < -0.3 is 15.5 Å². The largest absolute Gasteiger partial charge is 0.433 e. The fraction of sp³-hybridized carbons (Fsp3) is 0.316. The lowest BCUT2D eigenvalue weighted by molar-refractivity contribution is -0.141. The Kier molecular flexibility index (Phi) is 5.53. The number of carbonyl (C=O) groups excluding carboxylic acids is 2. The number of carbonyl (C=O) groups is 2. The number of halogens is 3. The molecule has 0 spiro atoms. The van der Waals surface area contributed by atoms with E-state index in [0.717, 1.165) is 25.0 Å². The van der Waals surface area contributed by atoms with Crippen LogP contribution < -0.4 is 10.6 Å². The maximum Gasteiger partial charge on any atom is 0.433 e. The van der Waals surface area contributed by atoms with Crippen molar-refractivity contribution in [3.05, 3.63) is 53.3 Å². The number of nitrogens with zero attached hydrogens (tertiary/aromatic N) is 2. The van der Waals surface area contributed by atoms with Crippen molar-refractivity contribution in [1.82, 2.24) is 9.88 Å². The Bertz CT molecular complexity index is 893. The van der Waals surface area contributed by atoms with Crippen molar-refractivity contribution < 1.29 is 22.8 Å². The van der Waals surface area contributed by atoms with E-state index in [1.165, 1.54) is 6.92 Å². The van der Waals surface area contributed by atoms with E-state index in [1.807, 2.05) is 0 Å². The first-order valence-electron chi connectivity index (χ1n) is 8.77. The Labute approximate surface area is 159 Å². The van der Waals surface area contributed by atoms with E-state index in [9.17, 15) is 22.8 Å². The molecule has 3 amide bonds. The second kappa shape index (κ2) is 7.87. The average molecular weight is 392 g/mol. The lowest BCUT2D eigenvalue weighted by atomic mass is 10.1. The molecule has 0 saturated carbocycles. The maximum atomic E-state index is 12.7. The molecule has 0 atom stereocenters. The average Bonchev–Trinajstić information content (AvgIpc) is 3.17. The number of rotatable bonds is 3. The first kappa shape index (κ1) is 19.7. The van der Waals surface area contributed by atoms with Crippen LogP contribution in [-0.2, 0) is 6.18 Å². The van der Waals surface area contributed by atoms with Gasteiger partial charge >= 0.3 is 12.2 Å². The summed E-state index contributed by atoms with van der Waals surface area (Å²) in [5.74, 6) is -0.610. The van der Waals surface area contributed by atoms with Gasteiger partial charge in [0, 0.05) is 13.1 Å². The topological polar surface area (TPSA) is 74.3 Å². The lowest BCUT2D eigenvalue weighted by Crippen LogP contribution is -2.32. The molecule has 0 radical (unpaired) electrons. The summed E-state index contributed by atoms with van der Waals surface area (Å²) in [6, 6.07) is 8.23. The molecule has 2 aromatic rings. The maximum absolute atomic E-state index is 12.7. The third kappa shape index (κ3) is 4.41. The van der Waals surface area contributed by atoms with Crippen molar-refractivity contribution in [3.63, 3.8) is 0 Å². The van der Waals surface area contributed by atoms with Crippen LogP contribution in [-0.4, -0.2) is 34.9 Å². The molecule has 1 aromatic heterocycles. The van der Waals surface area contributed by atoms with Crippen LogP contribution in [0.1, 0.15) is 34.6 Å². The Morgan fingerprint density at radius 3 is 2.18 bits per heavy atom. The predicted molar refractivity (Wildman–Crippen MR) is 98.2 cm³/mol. The monoisotopic (exact) mass is 392 g/mol. The Morgan fingerprint density at radius 1 is 1.00 bits per heavy atom. The number of anilines is 2. The van der Waals surface area contributed by atoms with Gasteiger partial charge in [-0.15, -0.1) is 0 Å². The SMILES string of the molecule is Cc1nc(C(F)(F)F)ccc1C(=O)Nc1ccccc1NC(=O)N1CCCC1. The Hall–Kier alpha value is -3.10.